The summed E-state index contributed by atoms with van der Waals surface area (Å²) in [5.41, 5.74) is 6.71. The van der Waals surface area contributed by atoms with Gasteiger partial charge in [-0.05, 0) is 43.5 Å². The number of nitrogens with one attached hydrogen (secondary N) is 1. The van der Waals surface area contributed by atoms with Gasteiger partial charge in [-0.1, -0.05) is 25.7 Å². The van der Waals surface area contributed by atoms with Gasteiger partial charge in [0.05, 0.1) is 5.41 Å². The van der Waals surface area contributed by atoms with E-state index in [4.69, 9.17) is 5.73 Å². The Kier molecular flexibility index (Phi) is 4.76. The van der Waals surface area contributed by atoms with E-state index in [1.807, 2.05) is 6.92 Å². The number of rotatable bonds is 3. The predicted molar refractivity (Wildman–Crippen MR) is 79.0 cm³/mol. The fourth-order valence-electron chi connectivity index (χ4n) is 3.00. The van der Waals surface area contributed by atoms with Crippen LogP contribution in [0.2, 0.25) is 0 Å². The van der Waals surface area contributed by atoms with Crippen molar-refractivity contribution in [2.45, 2.75) is 45.4 Å². The lowest BCUT2D eigenvalue weighted by Gasteiger charge is -2.29. The van der Waals surface area contributed by atoms with Gasteiger partial charge in [-0.3, -0.25) is 4.79 Å². The highest BCUT2D eigenvalue weighted by Crippen LogP contribution is 2.35. The maximum absolute atomic E-state index is 13.4. The Labute approximate surface area is 119 Å². The van der Waals surface area contributed by atoms with E-state index in [0.29, 0.717) is 12.2 Å². The zero-order valence-electron chi connectivity index (χ0n) is 12.0. The van der Waals surface area contributed by atoms with Crippen molar-refractivity contribution in [2.24, 2.45) is 11.1 Å². The van der Waals surface area contributed by atoms with Gasteiger partial charge in [0, 0.05) is 12.2 Å². The van der Waals surface area contributed by atoms with Crippen molar-refractivity contribution >= 4 is 11.6 Å². The van der Waals surface area contributed by atoms with Crippen molar-refractivity contribution in [3.05, 3.63) is 29.6 Å². The van der Waals surface area contributed by atoms with Crippen molar-refractivity contribution in [2.75, 3.05) is 11.9 Å². The number of hydrogen-bond acceptors (Lipinski definition) is 2. The lowest BCUT2D eigenvalue weighted by Crippen LogP contribution is -2.42. The molecule has 0 unspecified atom stereocenters. The van der Waals surface area contributed by atoms with Crippen LogP contribution in [0.4, 0.5) is 10.1 Å². The smallest absolute Gasteiger partial charge is 0.231 e. The van der Waals surface area contributed by atoms with Crippen LogP contribution in [0, 0.1) is 18.2 Å². The molecule has 1 aliphatic rings. The van der Waals surface area contributed by atoms with Crippen molar-refractivity contribution < 1.29 is 9.18 Å². The largest absolute Gasteiger partial charge is 0.329 e. The van der Waals surface area contributed by atoms with Crippen LogP contribution in [-0.2, 0) is 4.79 Å². The molecule has 0 radical (unpaired) electrons. The van der Waals surface area contributed by atoms with E-state index in [9.17, 15) is 9.18 Å². The minimum absolute atomic E-state index is 0.0631. The maximum Gasteiger partial charge on any atom is 0.231 e. The average molecular weight is 278 g/mol. The van der Waals surface area contributed by atoms with Gasteiger partial charge in [0.25, 0.3) is 0 Å². The highest BCUT2D eigenvalue weighted by molar-refractivity contribution is 5.95. The summed E-state index contributed by atoms with van der Waals surface area (Å²) in [6, 6.07) is 4.58. The molecule has 110 valence electrons. The fraction of sp³-hybridized carbons (Fsp3) is 0.562. The first-order chi connectivity index (χ1) is 9.55. The lowest BCUT2D eigenvalue weighted by molar-refractivity contribution is -0.125. The summed E-state index contributed by atoms with van der Waals surface area (Å²) >= 11 is 0. The molecule has 0 spiro atoms. The second-order valence-electron chi connectivity index (χ2n) is 5.87. The number of hydrogen-bond donors (Lipinski definition) is 2. The van der Waals surface area contributed by atoms with Gasteiger partial charge in [-0.25, -0.2) is 4.39 Å². The quantitative estimate of drug-likeness (QED) is 0.833. The molecular formula is C16H23FN2O. The molecule has 0 saturated heterocycles. The Bertz CT molecular complexity index is 459. The molecule has 1 amide bonds. The Morgan fingerprint density at radius 1 is 1.25 bits per heavy atom. The third-order valence-corrected chi connectivity index (χ3v) is 4.23. The summed E-state index contributed by atoms with van der Waals surface area (Å²) in [5.74, 6) is -0.394. The normalized spacial score (nSPS) is 18.4. The molecule has 2 rings (SSSR count). The van der Waals surface area contributed by atoms with Gasteiger partial charge in [-0.15, -0.1) is 0 Å². The molecule has 0 bridgehead atoms. The number of anilines is 1. The number of amides is 1. The van der Waals surface area contributed by atoms with Crippen LogP contribution in [0.15, 0.2) is 18.2 Å². The van der Waals surface area contributed by atoms with Crippen molar-refractivity contribution in [1.82, 2.24) is 0 Å². The molecule has 1 saturated carbocycles. The third-order valence-electron chi connectivity index (χ3n) is 4.23. The van der Waals surface area contributed by atoms with Gasteiger partial charge in [0.2, 0.25) is 5.91 Å². The molecule has 0 aliphatic heterocycles. The van der Waals surface area contributed by atoms with Crippen molar-refractivity contribution in [3.63, 3.8) is 0 Å². The summed E-state index contributed by atoms with van der Waals surface area (Å²) in [4.78, 5) is 12.6. The first-order valence-corrected chi connectivity index (χ1v) is 7.34. The van der Waals surface area contributed by atoms with Crippen LogP contribution >= 0.6 is 0 Å². The summed E-state index contributed by atoms with van der Waals surface area (Å²) in [6.45, 7) is 2.16. The monoisotopic (exact) mass is 278 g/mol. The molecule has 1 aliphatic carbocycles. The summed E-state index contributed by atoms with van der Waals surface area (Å²) in [7, 11) is 0. The Morgan fingerprint density at radius 2 is 1.90 bits per heavy atom. The van der Waals surface area contributed by atoms with Gasteiger partial charge < -0.3 is 11.1 Å². The molecule has 3 N–H and O–H groups in total. The van der Waals surface area contributed by atoms with Crippen molar-refractivity contribution in [3.8, 4) is 0 Å². The van der Waals surface area contributed by atoms with Crippen LogP contribution in [-0.4, -0.2) is 12.5 Å². The maximum atomic E-state index is 13.4. The molecule has 20 heavy (non-hydrogen) atoms. The fourth-order valence-corrected chi connectivity index (χ4v) is 3.00. The highest BCUT2D eigenvalue weighted by atomic mass is 19.1. The zero-order chi connectivity index (χ0) is 14.6. The van der Waals surface area contributed by atoms with Crippen LogP contribution in [0.3, 0.4) is 0 Å². The Hall–Kier alpha value is -1.42. The van der Waals surface area contributed by atoms with Crippen LogP contribution in [0.1, 0.15) is 44.1 Å². The summed E-state index contributed by atoms with van der Waals surface area (Å²) in [6.07, 6.45) is 6.04. The molecule has 0 heterocycles. The number of aryl methyl sites for hydroxylation is 1. The van der Waals surface area contributed by atoms with E-state index in [1.165, 1.54) is 12.1 Å². The number of carbonyl (C=O) groups is 1. The zero-order valence-corrected chi connectivity index (χ0v) is 12.0. The molecule has 1 aromatic carbocycles. The molecule has 0 atom stereocenters. The molecule has 1 aromatic rings. The number of benzene rings is 1. The van der Waals surface area contributed by atoms with Crippen molar-refractivity contribution in [1.29, 1.82) is 0 Å². The first kappa shape index (κ1) is 15.0. The molecule has 0 aromatic heterocycles. The highest BCUT2D eigenvalue weighted by Gasteiger charge is 2.37. The minimum Gasteiger partial charge on any atom is -0.329 e. The first-order valence-electron chi connectivity index (χ1n) is 7.34. The lowest BCUT2D eigenvalue weighted by atomic mass is 9.79. The van der Waals surface area contributed by atoms with Gasteiger partial charge >= 0.3 is 0 Å². The molecule has 1 fully saturated rings. The summed E-state index contributed by atoms with van der Waals surface area (Å²) in [5, 5.41) is 2.85. The Morgan fingerprint density at radius 3 is 2.45 bits per heavy atom. The van der Waals surface area contributed by atoms with Crippen LogP contribution < -0.4 is 11.1 Å². The van der Waals surface area contributed by atoms with Gasteiger partial charge in [-0.2, -0.15) is 0 Å². The Balaban J connectivity index is 2.16. The predicted octanol–water partition coefficient (Wildman–Crippen LogP) is 3.37. The van der Waals surface area contributed by atoms with E-state index >= 15 is 0 Å². The summed E-state index contributed by atoms with van der Waals surface area (Å²) < 4.78 is 13.4. The number of halogens is 1. The van der Waals surface area contributed by atoms with Crippen LogP contribution in [0.25, 0.3) is 0 Å². The van der Waals surface area contributed by atoms with Gasteiger partial charge in [0.15, 0.2) is 0 Å². The number of nitrogens with two attached hydrogens (primary N) is 1. The average Bonchev–Trinajstić information content (AvgIpc) is 2.63. The van der Waals surface area contributed by atoms with E-state index in [-0.39, 0.29) is 11.7 Å². The van der Waals surface area contributed by atoms with E-state index < -0.39 is 5.41 Å². The molecular weight excluding hydrogens is 255 g/mol. The van der Waals surface area contributed by atoms with E-state index in [0.717, 1.165) is 44.1 Å². The van der Waals surface area contributed by atoms with Gasteiger partial charge in [0.1, 0.15) is 5.82 Å². The SMILES string of the molecule is Cc1cc(F)cc(NC(=O)C2(CN)CCCCCC2)c1. The minimum atomic E-state index is -0.489. The third kappa shape index (κ3) is 3.37. The topological polar surface area (TPSA) is 55.1 Å². The van der Waals surface area contributed by atoms with Crippen LogP contribution in [0.5, 0.6) is 0 Å². The standard InChI is InChI=1S/C16H23FN2O/c1-12-8-13(17)10-14(9-12)19-15(20)16(11-18)6-4-2-3-5-7-16/h8-10H,2-7,11,18H2,1H3,(H,19,20). The second-order valence-corrected chi connectivity index (χ2v) is 5.87. The molecule has 3 nitrogen and oxygen atoms in total. The second kappa shape index (κ2) is 6.35. The van der Waals surface area contributed by atoms with E-state index in [1.54, 1.807) is 6.07 Å². The molecule has 4 heteroatoms. The number of carbonyl (C=O) groups excluding carboxylic acids is 1. The van der Waals surface area contributed by atoms with E-state index in [2.05, 4.69) is 5.32 Å².